The van der Waals surface area contributed by atoms with Crippen molar-refractivity contribution >= 4 is 58.8 Å². The molecule has 0 saturated carbocycles. The molecule has 0 spiro atoms. The predicted molar refractivity (Wildman–Crippen MR) is 459 cm³/mol. The molecule has 1 aliphatic rings. The average Bonchev–Trinajstić information content (AvgIpc) is 1.94. The fourth-order valence-corrected chi connectivity index (χ4v) is 19.6. The van der Waals surface area contributed by atoms with Gasteiger partial charge >= 0.3 is 0 Å². The molecule has 1 aliphatic heterocycles. The molecule has 13 unspecified atom stereocenters. The first-order chi connectivity index (χ1) is 44.3. The molecule has 1 fully saturated rings. The van der Waals surface area contributed by atoms with Crippen molar-refractivity contribution in [2.45, 2.75) is 542 Å². The van der Waals surface area contributed by atoms with E-state index in [2.05, 4.69) is 260 Å². The van der Waals surface area contributed by atoms with E-state index in [4.69, 9.17) is 0 Å². The molecule has 0 aromatic rings. The fraction of sp³-hybridized carbons (Fsp3) is 1.00. The van der Waals surface area contributed by atoms with Crippen LogP contribution in [0.15, 0.2) is 0 Å². The lowest BCUT2D eigenvalue weighted by atomic mass is 9.88. The molecule has 0 bridgehead atoms. The highest BCUT2D eigenvalue weighted by Gasteiger charge is 2.29. The highest BCUT2D eigenvalue weighted by Crippen LogP contribution is 2.42. The lowest BCUT2D eigenvalue weighted by molar-refractivity contribution is 0.338. The van der Waals surface area contributed by atoms with Gasteiger partial charge in [0.1, 0.15) is 0 Å². The summed E-state index contributed by atoms with van der Waals surface area (Å²) < 4.78 is 0. The Bertz CT molecular complexity index is 1160. The largest absolute Gasteiger partial charge is 0.155 e. The van der Waals surface area contributed by atoms with Crippen LogP contribution in [0.4, 0.5) is 0 Å². The highest BCUT2D eigenvalue weighted by atomic mass is 32.2. The molecule has 1 heterocycles. The number of unbranched alkanes of at least 4 members (excludes halogenated alkanes) is 9. The topological polar surface area (TPSA) is 0 Å². The molecule has 0 radical (unpaired) electrons. The molecule has 0 N–H and O–H groups in total. The lowest BCUT2D eigenvalue weighted by Crippen LogP contribution is -2.27. The van der Waals surface area contributed by atoms with Crippen molar-refractivity contribution in [2.24, 2.45) is 17.8 Å². The van der Waals surface area contributed by atoms with Crippen LogP contribution in [0.3, 0.4) is 0 Å². The molecule has 0 aromatic carbocycles. The number of thioether (sulfide) groups is 5. The second-order valence-corrected chi connectivity index (χ2v) is 36.1. The van der Waals surface area contributed by atoms with E-state index < -0.39 is 0 Å². The van der Waals surface area contributed by atoms with Crippen LogP contribution in [-0.4, -0.2) is 52.5 Å². The van der Waals surface area contributed by atoms with Gasteiger partial charge in [-0.1, -0.05) is 374 Å². The smallest absolute Gasteiger partial charge is 0.0169 e. The quantitative estimate of drug-likeness (QED) is 0.0557. The molecule has 0 amide bonds. The van der Waals surface area contributed by atoms with Gasteiger partial charge in [-0.3, -0.25) is 0 Å². The van der Waals surface area contributed by atoms with Gasteiger partial charge in [-0.15, -0.1) is 0 Å². The number of hydrogen-bond donors (Lipinski definition) is 0. The summed E-state index contributed by atoms with van der Waals surface area (Å²) in [5, 5.41) is 8.87. The van der Waals surface area contributed by atoms with Crippen molar-refractivity contribution in [3.05, 3.63) is 0 Å². The molecule has 92 heavy (non-hydrogen) atoms. The van der Waals surface area contributed by atoms with Crippen LogP contribution in [0, 0.1) is 17.8 Å². The van der Waals surface area contributed by atoms with Gasteiger partial charge in [0.25, 0.3) is 0 Å². The van der Waals surface area contributed by atoms with Gasteiger partial charge < -0.3 is 0 Å². The minimum absolute atomic E-state index is 0.853. The average molecular weight is 1400 g/mol. The maximum Gasteiger partial charge on any atom is 0.0169 e. The molecule has 13 atom stereocenters. The first kappa shape index (κ1) is 110. The molecule has 1 rings (SSSR count). The molecule has 1 saturated heterocycles. The molecule has 5 heteroatoms. The Hall–Kier alpha value is 1.75. The molecule has 568 valence electrons. The van der Waals surface area contributed by atoms with Crippen molar-refractivity contribution in [1.82, 2.24) is 0 Å². The standard InChI is InChI=1S/C27H54S3.C13H28.C12H26S.C10H22S.C8H18.C6H14.C5H12.2C3H8/c1-7-13-14-17-25(16-8-2)30-27-21-20-24(11-5)28-22(9-3)18-15-19-23(10-4)29-26(27)12-6;1-5-8-10-13(7-3)11-12(4)9-6-2;1-5-9-11(7-3)13-12(8-4)10-6-2;1-5-8-10(7-3)11-9(4)6-2;1-4-6-7-8(3)5-2;1-3-5-6-4-2;1-3-5-4-2;2*1-3-2/h22-27H,7-21H2,1-6H3;12-13H,5-11H2,1-4H3;11-12H,5-10H2,1-4H3;9-10H,5-8H2,1-4H3;8H,4-7H2,1-3H3;3-6H2,1-2H3;3-5H2,1-2H3;2*3H2,1-2H3. The summed E-state index contributed by atoms with van der Waals surface area (Å²) in [6, 6.07) is 0. The second kappa shape index (κ2) is 94.8. The summed E-state index contributed by atoms with van der Waals surface area (Å²) in [7, 11) is 0. The Morgan fingerprint density at radius 3 is 1.05 bits per heavy atom. The van der Waals surface area contributed by atoms with Crippen LogP contribution in [0.25, 0.3) is 0 Å². The van der Waals surface area contributed by atoms with E-state index in [1.807, 2.05) is 0 Å². The number of hydrogen-bond acceptors (Lipinski definition) is 5. The van der Waals surface area contributed by atoms with Crippen LogP contribution in [0.1, 0.15) is 490 Å². The summed E-state index contributed by atoms with van der Waals surface area (Å²) >= 11 is 11.6. The van der Waals surface area contributed by atoms with Gasteiger partial charge in [-0.2, -0.15) is 58.8 Å². The van der Waals surface area contributed by atoms with E-state index in [-0.39, 0.29) is 0 Å². The van der Waals surface area contributed by atoms with Crippen LogP contribution in [0.2, 0.25) is 0 Å². The van der Waals surface area contributed by atoms with Crippen molar-refractivity contribution in [1.29, 1.82) is 0 Å². The minimum Gasteiger partial charge on any atom is -0.155 e. The van der Waals surface area contributed by atoms with Crippen LogP contribution < -0.4 is 0 Å². The summed E-state index contributed by atoms with van der Waals surface area (Å²) in [6.45, 7) is 66.5. The van der Waals surface area contributed by atoms with E-state index in [0.717, 1.165) is 70.3 Å². The van der Waals surface area contributed by atoms with Gasteiger partial charge in [-0.25, -0.2) is 0 Å². The van der Waals surface area contributed by atoms with E-state index in [9.17, 15) is 0 Å². The summed E-state index contributed by atoms with van der Waals surface area (Å²) in [5.74, 6) is 2.91. The monoisotopic (exact) mass is 1400 g/mol. The zero-order valence-corrected chi connectivity index (χ0v) is 74.4. The second-order valence-electron chi connectivity index (χ2n) is 28.0. The Morgan fingerprint density at radius 1 is 0.304 bits per heavy atom. The van der Waals surface area contributed by atoms with E-state index in [1.165, 1.54) is 289 Å². The minimum atomic E-state index is 0.853. The molecule has 0 nitrogen and oxygen atoms in total. The zero-order valence-electron chi connectivity index (χ0n) is 70.4. The first-order valence-corrected chi connectivity index (χ1v) is 47.3. The third-order valence-corrected chi connectivity index (χ3v) is 27.4. The van der Waals surface area contributed by atoms with E-state index >= 15 is 0 Å². The van der Waals surface area contributed by atoms with Crippen molar-refractivity contribution in [3.63, 3.8) is 0 Å². The van der Waals surface area contributed by atoms with Crippen LogP contribution in [-0.2, 0) is 0 Å². The van der Waals surface area contributed by atoms with Crippen LogP contribution >= 0.6 is 58.8 Å². The van der Waals surface area contributed by atoms with Gasteiger partial charge in [0.2, 0.25) is 0 Å². The van der Waals surface area contributed by atoms with Crippen molar-refractivity contribution < 1.29 is 0 Å². The van der Waals surface area contributed by atoms with Crippen molar-refractivity contribution in [3.8, 4) is 0 Å². The summed E-state index contributed by atoms with van der Waals surface area (Å²) in [5.41, 5.74) is 0. The highest BCUT2D eigenvalue weighted by molar-refractivity contribution is 8.04. The first-order valence-electron chi connectivity index (χ1n) is 42.6. The SMILES string of the molecule is CCC.CCC.CCCC(CC)SC(C)CC.CCCC(CC)SC(CC)CCC.CCCCC.CCCCC(C)CC.CCCCC(CC)CC(C)CCC.CCCCCC.CCCCCC(CCC)SC1CCC(CC)SC(CC)CCCC(CC)SC1CC. The third-order valence-electron chi connectivity index (χ3n) is 17.9. The maximum atomic E-state index is 2.47. The fourth-order valence-electron chi connectivity index (χ4n) is 11.3. The van der Waals surface area contributed by atoms with Crippen molar-refractivity contribution in [2.75, 3.05) is 0 Å². The molecular formula is C87H190S5. The predicted octanol–water partition coefficient (Wildman–Crippen LogP) is 35.2. The summed E-state index contributed by atoms with van der Waals surface area (Å²) in [6.07, 6.45) is 62.1. The Kier molecular flexibility index (Phi) is 113. The normalized spacial score (nSPS) is 18.9. The third kappa shape index (κ3) is 86.0. The van der Waals surface area contributed by atoms with Gasteiger partial charge in [0, 0.05) is 52.5 Å². The van der Waals surface area contributed by atoms with E-state index in [1.54, 1.807) is 0 Å². The molecule has 0 aromatic heterocycles. The molecular weight excluding hydrogens is 1210 g/mol. The Morgan fingerprint density at radius 2 is 0.696 bits per heavy atom. The molecule has 0 aliphatic carbocycles. The Balaban J connectivity index is -0.000000160. The number of rotatable bonds is 43. The van der Waals surface area contributed by atoms with Gasteiger partial charge in [-0.05, 0) is 133 Å². The van der Waals surface area contributed by atoms with Gasteiger partial charge in [0.05, 0.1) is 0 Å². The van der Waals surface area contributed by atoms with Crippen LogP contribution in [0.5, 0.6) is 0 Å². The maximum absolute atomic E-state index is 2.47. The lowest BCUT2D eigenvalue weighted by Gasteiger charge is -2.34. The zero-order chi connectivity index (χ0) is 71.9. The van der Waals surface area contributed by atoms with E-state index in [0.29, 0.717) is 0 Å². The Labute approximate surface area is 614 Å². The van der Waals surface area contributed by atoms with Gasteiger partial charge in [0.15, 0.2) is 0 Å². The summed E-state index contributed by atoms with van der Waals surface area (Å²) in [4.78, 5) is 0.